The second-order valence-corrected chi connectivity index (χ2v) is 5.49. The van der Waals surface area contributed by atoms with Gasteiger partial charge in [0.05, 0.1) is 12.0 Å². The number of hydrogen-bond donors (Lipinski definition) is 0. The van der Waals surface area contributed by atoms with Crippen LogP contribution in [0.4, 0.5) is 5.69 Å². The van der Waals surface area contributed by atoms with Crippen molar-refractivity contribution in [2.45, 2.75) is 6.42 Å². The van der Waals surface area contributed by atoms with Crippen molar-refractivity contribution in [2.24, 2.45) is 0 Å². The molecule has 3 aromatic carbocycles. The lowest BCUT2D eigenvalue weighted by Crippen LogP contribution is -1.93. The summed E-state index contributed by atoms with van der Waals surface area (Å²) in [5.74, 6) is 0.826. The standard InChI is InChI=1S/C20H17NO3/c1-24-19-12-8-16(9-13-19)20-5-3-2-4-17(20)14-15-6-10-18(11-7-15)21(22)23/h2-13H,14H2,1H3. The maximum absolute atomic E-state index is 10.8. The van der Waals surface area contributed by atoms with Gasteiger partial charge in [-0.05, 0) is 40.8 Å². The van der Waals surface area contributed by atoms with Crippen molar-refractivity contribution in [3.63, 3.8) is 0 Å². The van der Waals surface area contributed by atoms with Crippen molar-refractivity contribution >= 4 is 5.69 Å². The summed E-state index contributed by atoms with van der Waals surface area (Å²) in [6.07, 6.45) is 0.722. The molecule has 0 aliphatic heterocycles. The molecule has 0 aromatic heterocycles. The summed E-state index contributed by atoms with van der Waals surface area (Å²) < 4.78 is 5.21. The average Bonchev–Trinajstić information content (AvgIpc) is 2.63. The number of rotatable bonds is 5. The van der Waals surface area contributed by atoms with Gasteiger partial charge in [0.1, 0.15) is 5.75 Å². The molecule has 0 radical (unpaired) electrons. The highest BCUT2D eigenvalue weighted by Crippen LogP contribution is 2.27. The van der Waals surface area contributed by atoms with Crippen LogP contribution in [0.15, 0.2) is 72.8 Å². The molecular formula is C20H17NO3. The molecule has 0 unspecified atom stereocenters. The second-order valence-electron chi connectivity index (χ2n) is 5.49. The van der Waals surface area contributed by atoms with E-state index in [-0.39, 0.29) is 10.6 Å². The summed E-state index contributed by atoms with van der Waals surface area (Å²) in [5.41, 5.74) is 4.60. The van der Waals surface area contributed by atoms with Crippen LogP contribution in [-0.4, -0.2) is 12.0 Å². The van der Waals surface area contributed by atoms with Gasteiger partial charge in [-0.25, -0.2) is 0 Å². The highest BCUT2D eigenvalue weighted by Gasteiger charge is 2.08. The van der Waals surface area contributed by atoms with Crippen molar-refractivity contribution in [3.8, 4) is 16.9 Å². The zero-order valence-corrected chi connectivity index (χ0v) is 13.3. The molecule has 4 nitrogen and oxygen atoms in total. The Morgan fingerprint density at radius 2 is 1.58 bits per heavy atom. The van der Waals surface area contributed by atoms with Gasteiger partial charge >= 0.3 is 0 Å². The molecule has 0 saturated carbocycles. The summed E-state index contributed by atoms with van der Waals surface area (Å²) in [5, 5.41) is 10.8. The zero-order chi connectivity index (χ0) is 16.9. The highest BCUT2D eigenvalue weighted by molar-refractivity contribution is 5.68. The van der Waals surface area contributed by atoms with Gasteiger partial charge in [-0.3, -0.25) is 10.1 Å². The van der Waals surface area contributed by atoms with Crippen LogP contribution in [0.1, 0.15) is 11.1 Å². The third-order valence-corrected chi connectivity index (χ3v) is 3.96. The van der Waals surface area contributed by atoms with E-state index in [0.717, 1.165) is 28.9 Å². The van der Waals surface area contributed by atoms with Crippen LogP contribution in [0.25, 0.3) is 11.1 Å². The van der Waals surface area contributed by atoms with Gasteiger partial charge in [0.15, 0.2) is 0 Å². The summed E-state index contributed by atoms with van der Waals surface area (Å²) in [6.45, 7) is 0. The number of methoxy groups -OCH3 is 1. The van der Waals surface area contributed by atoms with Crippen LogP contribution < -0.4 is 4.74 Å². The number of nitro groups is 1. The second kappa shape index (κ2) is 6.96. The molecular weight excluding hydrogens is 302 g/mol. The van der Waals surface area contributed by atoms with E-state index < -0.39 is 0 Å². The van der Waals surface area contributed by atoms with Crippen LogP contribution >= 0.6 is 0 Å². The lowest BCUT2D eigenvalue weighted by atomic mass is 9.95. The molecule has 3 rings (SSSR count). The molecule has 120 valence electrons. The van der Waals surface area contributed by atoms with E-state index in [1.54, 1.807) is 19.2 Å². The lowest BCUT2D eigenvalue weighted by molar-refractivity contribution is -0.384. The Hall–Kier alpha value is -3.14. The third kappa shape index (κ3) is 3.43. The van der Waals surface area contributed by atoms with E-state index in [4.69, 9.17) is 4.74 Å². The fourth-order valence-electron chi connectivity index (χ4n) is 2.68. The zero-order valence-electron chi connectivity index (χ0n) is 13.3. The van der Waals surface area contributed by atoms with Crippen LogP contribution in [0, 0.1) is 10.1 Å². The van der Waals surface area contributed by atoms with E-state index >= 15 is 0 Å². The van der Waals surface area contributed by atoms with Crippen molar-refractivity contribution in [1.82, 2.24) is 0 Å². The molecule has 0 bridgehead atoms. The minimum absolute atomic E-state index is 0.113. The number of nitro benzene ring substituents is 1. The van der Waals surface area contributed by atoms with Crippen LogP contribution in [0.2, 0.25) is 0 Å². The maximum Gasteiger partial charge on any atom is 0.269 e. The molecule has 3 aromatic rings. The molecule has 0 atom stereocenters. The minimum Gasteiger partial charge on any atom is -0.497 e. The van der Waals surface area contributed by atoms with Crippen LogP contribution in [0.5, 0.6) is 5.75 Å². The summed E-state index contributed by atoms with van der Waals surface area (Å²) >= 11 is 0. The minimum atomic E-state index is -0.380. The fourth-order valence-corrected chi connectivity index (χ4v) is 2.68. The van der Waals surface area contributed by atoms with Crippen molar-refractivity contribution in [2.75, 3.05) is 7.11 Å². The molecule has 4 heteroatoms. The van der Waals surface area contributed by atoms with E-state index in [2.05, 4.69) is 12.1 Å². The summed E-state index contributed by atoms with van der Waals surface area (Å²) in [7, 11) is 1.65. The Labute approximate surface area is 140 Å². The smallest absolute Gasteiger partial charge is 0.269 e. The number of ether oxygens (including phenoxy) is 1. The molecule has 0 heterocycles. The predicted octanol–water partition coefficient (Wildman–Crippen LogP) is 4.86. The first-order valence-corrected chi connectivity index (χ1v) is 7.63. The Morgan fingerprint density at radius 1 is 0.917 bits per heavy atom. The Morgan fingerprint density at radius 3 is 2.21 bits per heavy atom. The van der Waals surface area contributed by atoms with Gasteiger partial charge in [-0.2, -0.15) is 0 Å². The van der Waals surface area contributed by atoms with Gasteiger partial charge in [0, 0.05) is 12.1 Å². The van der Waals surface area contributed by atoms with Crippen LogP contribution in [0.3, 0.4) is 0 Å². The molecule has 0 spiro atoms. The Bertz CT molecular complexity index is 840. The first-order chi connectivity index (χ1) is 11.7. The average molecular weight is 319 g/mol. The largest absolute Gasteiger partial charge is 0.497 e. The maximum atomic E-state index is 10.8. The van der Waals surface area contributed by atoms with Crippen molar-refractivity contribution in [1.29, 1.82) is 0 Å². The molecule has 0 saturated heterocycles. The predicted molar refractivity (Wildman–Crippen MR) is 94.3 cm³/mol. The normalized spacial score (nSPS) is 10.4. The lowest BCUT2D eigenvalue weighted by Gasteiger charge is -2.10. The van der Waals surface area contributed by atoms with Crippen molar-refractivity contribution in [3.05, 3.63) is 94.0 Å². The highest BCUT2D eigenvalue weighted by atomic mass is 16.6. The number of non-ortho nitro benzene ring substituents is 1. The van der Waals surface area contributed by atoms with Crippen molar-refractivity contribution < 1.29 is 9.66 Å². The topological polar surface area (TPSA) is 52.4 Å². The first-order valence-electron chi connectivity index (χ1n) is 7.63. The molecule has 0 amide bonds. The van der Waals surface area contributed by atoms with Gasteiger partial charge in [0.25, 0.3) is 5.69 Å². The number of nitrogens with zero attached hydrogens (tertiary/aromatic N) is 1. The Kier molecular flexibility index (Phi) is 4.57. The summed E-state index contributed by atoms with van der Waals surface area (Å²) in [6, 6.07) is 22.9. The third-order valence-electron chi connectivity index (χ3n) is 3.96. The molecule has 24 heavy (non-hydrogen) atoms. The Balaban J connectivity index is 1.89. The molecule has 0 fully saturated rings. The van der Waals surface area contributed by atoms with Crippen LogP contribution in [-0.2, 0) is 6.42 Å². The van der Waals surface area contributed by atoms with E-state index in [9.17, 15) is 10.1 Å². The van der Waals surface area contributed by atoms with E-state index in [0.29, 0.717) is 0 Å². The van der Waals surface area contributed by atoms with Gasteiger partial charge in [0.2, 0.25) is 0 Å². The number of benzene rings is 3. The first kappa shape index (κ1) is 15.7. The van der Waals surface area contributed by atoms with Gasteiger partial charge in [-0.1, -0.05) is 48.5 Å². The fraction of sp³-hybridized carbons (Fsp3) is 0.100. The quantitative estimate of drug-likeness (QED) is 0.498. The SMILES string of the molecule is COc1ccc(-c2ccccc2Cc2ccc([N+](=O)[O-])cc2)cc1. The van der Waals surface area contributed by atoms with E-state index in [1.165, 1.54) is 5.56 Å². The monoisotopic (exact) mass is 319 g/mol. The van der Waals surface area contributed by atoms with Gasteiger partial charge < -0.3 is 4.74 Å². The molecule has 0 aliphatic rings. The summed E-state index contributed by atoms with van der Waals surface area (Å²) in [4.78, 5) is 10.4. The molecule has 0 N–H and O–H groups in total. The number of hydrogen-bond acceptors (Lipinski definition) is 3. The molecule has 0 aliphatic carbocycles. The van der Waals surface area contributed by atoms with E-state index in [1.807, 2.05) is 48.5 Å². The van der Waals surface area contributed by atoms with Gasteiger partial charge in [-0.15, -0.1) is 0 Å².